The first-order chi connectivity index (χ1) is 13.9. The molecule has 12 heteroatoms. The second-order valence-electron chi connectivity index (χ2n) is 6.84. The van der Waals surface area contributed by atoms with Crippen molar-refractivity contribution in [1.82, 2.24) is 25.1 Å². The van der Waals surface area contributed by atoms with Gasteiger partial charge in [0.1, 0.15) is 6.04 Å². The van der Waals surface area contributed by atoms with Gasteiger partial charge in [0.25, 0.3) is 0 Å². The minimum atomic E-state index is -4.59. The molecule has 30 heavy (non-hydrogen) atoms. The van der Waals surface area contributed by atoms with Gasteiger partial charge in [-0.1, -0.05) is 6.07 Å². The van der Waals surface area contributed by atoms with E-state index in [1.165, 1.54) is 6.08 Å². The van der Waals surface area contributed by atoms with Crippen LogP contribution in [-0.4, -0.2) is 49.8 Å². The number of halogens is 6. The van der Waals surface area contributed by atoms with Gasteiger partial charge in [0.15, 0.2) is 5.82 Å². The van der Waals surface area contributed by atoms with Gasteiger partial charge in [-0.15, -0.1) is 10.2 Å². The summed E-state index contributed by atoms with van der Waals surface area (Å²) in [6, 6.07) is 1.01. The highest BCUT2D eigenvalue weighted by Gasteiger charge is 2.47. The molecule has 0 N–H and O–H groups in total. The van der Waals surface area contributed by atoms with Gasteiger partial charge in [-0.3, -0.25) is 4.79 Å². The Labute approximate surface area is 167 Å². The molecule has 2 heterocycles. The van der Waals surface area contributed by atoms with Crippen molar-refractivity contribution in [3.05, 3.63) is 46.8 Å². The Morgan fingerprint density at radius 3 is 2.57 bits per heavy atom. The number of amides is 1. The van der Waals surface area contributed by atoms with Crippen LogP contribution in [0.4, 0.5) is 26.3 Å². The molecule has 1 amide bonds. The summed E-state index contributed by atoms with van der Waals surface area (Å²) in [7, 11) is 0. The molecule has 6 nitrogen and oxygen atoms in total. The van der Waals surface area contributed by atoms with Crippen LogP contribution in [0.1, 0.15) is 35.4 Å². The first kappa shape index (κ1) is 21.8. The molecular weight excluding hydrogens is 416 g/mol. The van der Waals surface area contributed by atoms with Crippen molar-refractivity contribution < 1.29 is 31.1 Å². The molecule has 162 valence electrons. The summed E-state index contributed by atoms with van der Waals surface area (Å²) in [5.74, 6) is -0.531. The van der Waals surface area contributed by atoms with E-state index in [4.69, 9.17) is 0 Å². The fourth-order valence-electron chi connectivity index (χ4n) is 3.25. The van der Waals surface area contributed by atoms with Gasteiger partial charge >= 0.3 is 12.4 Å². The Balaban J connectivity index is 1.87. The number of nitrogens with zero attached hydrogens (tertiary/aromatic N) is 5. The van der Waals surface area contributed by atoms with Crippen LogP contribution in [0.5, 0.6) is 0 Å². The number of carbonyl (C=O) groups is 1. The Hall–Kier alpha value is -2.92. The largest absolute Gasteiger partial charge is 0.416 e. The second kappa shape index (κ2) is 8.07. The van der Waals surface area contributed by atoms with Crippen molar-refractivity contribution in [2.24, 2.45) is 0 Å². The first-order valence-electron chi connectivity index (χ1n) is 8.95. The van der Waals surface area contributed by atoms with Crippen molar-refractivity contribution >= 4 is 12.0 Å². The van der Waals surface area contributed by atoms with Crippen molar-refractivity contribution in [3.8, 4) is 0 Å². The highest BCUT2D eigenvalue weighted by molar-refractivity contribution is 5.92. The average molecular weight is 433 g/mol. The lowest BCUT2D eigenvalue weighted by atomic mass is 10.0. The molecule has 0 radical (unpaired) electrons. The summed E-state index contributed by atoms with van der Waals surface area (Å²) >= 11 is 0. The van der Waals surface area contributed by atoms with Crippen LogP contribution < -0.4 is 0 Å². The van der Waals surface area contributed by atoms with Crippen LogP contribution in [0.3, 0.4) is 0 Å². The minimum absolute atomic E-state index is 0.0324. The van der Waals surface area contributed by atoms with Crippen molar-refractivity contribution in [3.63, 3.8) is 0 Å². The van der Waals surface area contributed by atoms with Gasteiger partial charge in [0.05, 0.1) is 12.1 Å². The van der Waals surface area contributed by atoms with Crippen LogP contribution in [0.15, 0.2) is 24.3 Å². The maximum absolute atomic E-state index is 13.1. The zero-order valence-corrected chi connectivity index (χ0v) is 15.7. The van der Waals surface area contributed by atoms with E-state index < -0.39 is 29.9 Å². The minimum Gasteiger partial charge on any atom is -0.327 e. The van der Waals surface area contributed by atoms with E-state index in [0.29, 0.717) is 5.82 Å². The molecule has 1 unspecified atom stereocenters. The number of alkyl halides is 6. The van der Waals surface area contributed by atoms with Gasteiger partial charge in [-0.25, -0.2) is 0 Å². The lowest BCUT2D eigenvalue weighted by Gasteiger charge is -2.25. The molecule has 1 aromatic heterocycles. The summed E-state index contributed by atoms with van der Waals surface area (Å²) in [5.41, 5.74) is -0.538. The molecule has 1 atom stereocenters. The van der Waals surface area contributed by atoms with E-state index in [1.54, 1.807) is 6.92 Å². The Kier molecular flexibility index (Phi) is 5.86. The molecular formula is C18H17F6N5O. The molecule has 1 aromatic carbocycles. The standard InChI is InChI=1S/C18H17F6N5O/c1-11-25-27-29(26-11)10-13-9-14(17(19,20)21)6-4-12(13)5-7-16(30)28-8-2-3-15(28)18(22,23)24/h4-7,9,15H,2-3,8,10H2,1H3/b7-5+. The maximum atomic E-state index is 13.1. The molecule has 0 saturated carbocycles. The number of benzene rings is 1. The Morgan fingerprint density at radius 2 is 1.97 bits per heavy atom. The molecule has 1 saturated heterocycles. The fourth-order valence-corrected chi connectivity index (χ4v) is 3.25. The number of aromatic nitrogens is 4. The molecule has 0 aliphatic carbocycles. The number of likely N-dealkylation sites (tertiary alicyclic amines) is 1. The number of tetrazole rings is 1. The molecule has 0 bridgehead atoms. The summed E-state index contributed by atoms with van der Waals surface area (Å²) in [4.78, 5) is 14.1. The van der Waals surface area contributed by atoms with Gasteiger partial charge in [0, 0.05) is 12.6 Å². The lowest BCUT2D eigenvalue weighted by molar-refractivity contribution is -0.180. The van der Waals surface area contributed by atoms with Gasteiger partial charge in [-0.2, -0.15) is 31.1 Å². The monoisotopic (exact) mass is 433 g/mol. The third kappa shape index (κ3) is 4.97. The first-order valence-corrected chi connectivity index (χ1v) is 8.95. The van der Waals surface area contributed by atoms with E-state index >= 15 is 0 Å². The highest BCUT2D eigenvalue weighted by atomic mass is 19.4. The lowest BCUT2D eigenvalue weighted by Crippen LogP contribution is -2.43. The summed E-state index contributed by atoms with van der Waals surface area (Å²) in [6.07, 6.45) is -6.92. The van der Waals surface area contributed by atoms with Crippen LogP contribution in [-0.2, 0) is 17.5 Å². The summed E-state index contributed by atoms with van der Waals surface area (Å²) in [6.45, 7) is 1.37. The van der Waals surface area contributed by atoms with Gasteiger partial charge < -0.3 is 4.90 Å². The van der Waals surface area contributed by atoms with E-state index in [2.05, 4.69) is 15.4 Å². The molecule has 2 aromatic rings. The van der Waals surface area contributed by atoms with Crippen molar-refractivity contribution in [1.29, 1.82) is 0 Å². The predicted molar refractivity (Wildman–Crippen MR) is 92.9 cm³/mol. The van der Waals surface area contributed by atoms with Crippen LogP contribution in [0, 0.1) is 6.92 Å². The summed E-state index contributed by atoms with van der Waals surface area (Å²) < 4.78 is 78.4. The normalized spacial score (nSPS) is 17.8. The third-order valence-electron chi connectivity index (χ3n) is 4.65. The van der Waals surface area contributed by atoms with Crippen LogP contribution in [0.2, 0.25) is 0 Å². The maximum Gasteiger partial charge on any atom is 0.416 e. The second-order valence-corrected chi connectivity index (χ2v) is 6.84. The van der Waals surface area contributed by atoms with Crippen LogP contribution in [0.25, 0.3) is 6.08 Å². The van der Waals surface area contributed by atoms with E-state index in [0.717, 1.165) is 34.0 Å². The third-order valence-corrected chi connectivity index (χ3v) is 4.65. The Morgan fingerprint density at radius 1 is 1.23 bits per heavy atom. The topological polar surface area (TPSA) is 63.9 Å². The van der Waals surface area contributed by atoms with E-state index in [-0.39, 0.29) is 37.1 Å². The fraction of sp³-hybridized carbons (Fsp3) is 0.444. The molecule has 1 aliphatic heterocycles. The number of rotatable bonds is 4. The number of carbonyl (C=O) groups excluding carboxylic acids is 1. The molecule has 1 fully saturated rings. The smallest absolute Gasteiger partial charge is 0.327 e. The highest BCUT2D eigenvalue weighted by Crippen LogP contribution is 2.33. The van der Waals surface area contributed by atoms with Crippen LogP contribution >= 0.6 is 0 Å². The summed E-state index contributed by atoms with van der Waals surface area (Å²) in [5, 5.41) is 11.3. The molecule has 1 aliphatic rings. The SMILES string of the molecule is Cc1nnn(Cc2cc(C(F)(F)F)ccc2/C=C/C(=O)N2CCCC2C(F)(F)F)n1. The number of aryl methyl sites for hydroxylation is 1. The zero-order chi connectivity index (χ0) is 22.1. The number of hydrogen-bond acceptors (Lipinski definition) is 4. The van der Waals surface area contributed by atoms with Gasteiger partial charge in [0.2, 0.25) is 5.91 Å². The van der Waals surface area contributed by atoms with Gasteiger partial charge in [-0.05, 0) is 54.3 Å². The zero-order valence-electron chi connectivity index (χ0n) is 15.7. The van der Waals surface area contributed by atoms with Crippen molar-refractivity contribution in [2.45, 2.75) is 44.7 Å². The van der Waals surface area contributed by atoms with Crippen molar-refractivity contribution in [2.75, 3.05) is 6.54 Å². The van der Waals surface area contributed by atoms with E-state index in [1.807, 2.05) is 0 Å². The Bertz CT molecular complexity index is 949. The predicted octanol–water partition coefficient (Wildman–Crippen LogP) is 3.62. The molecule has 0 spiro atoms. The average Bonchev–Trinajstić information content (AvgIpc) is 3.28. The molecule has 3 rings (SSSR count). The van der Waals surface area contributed by atoms with E-state index in [9.17, 15) is 31.1 Å². The quantitative estimate of drug-likeness (QED) is 0.546. The number of hydrogen-bond donors (Lipinski definition) is 0.